The number of benzene rings is 4. The molecular weight excluding hydrogens is 696 g/mol. The molecule has 0 bridgehead atoms. The minimum absolute atomic E-state index is 0. The van der Waals surface area contributed by atoms with Gasteiger partial charge in [0.15, 0.2) is 0 Å². The molecule has 0 radical (unpaired) electrons. The summed E-state index contributed by atoms with van der Waals surface area (Å²) in [6.07, 6.45) is 11.1. The van der Waals surface area contributed by atoms with Crippen LogP contribution < -0.4 is 9.98 Å². The molecule has 50 heavy (non-hydrogen) atoms. The molecule has 7 nitrogen and oxygen atoms in total. The molecule has 4 aromatic rings. The second-order valence-corrected chi connectivity index (χ2v) is 12.0. The van der Waals surface area contributed by atoms with Crippen LogP contribution in [0.25, 0.3) is 10.6 Å². The Morgan fingerprint density at radius 2 is 0.700 bits per heavy atom. The Morgan fingerprint density at radius 3 is 0.960 bits per heavy atom. The zero-order chi connectivity index (χ0) is 34.8. The molecule has 4 aromatic carbocycles. The molecule has 262 valence electrons. The average Bonchev–Trinajstić information content (AvgIpc) is 3.97. The Labute approximate surface area is 338 Å². The summed E-state index contributed by atoms with van der Waals surface area (Å²) in [6.45, 7) is 14.3. The number of hydrogen-bond acceptors (Lipinski definition) is 3. The van der Waals surface area contributed by atoms with Crippen LogP contribution >= 0.6 is 0 Å². The quantitative estimate of drug-likeness (QED) is 0.122. The summed E-state index contributed by atoms with van der Waals surface area (Å²) in [5.74, 6) is 0. The Hall–Kier alpha value is -2.82. The van der Waals surface area contributed by atoms with Crippen LogP contribution in [0.3, 0.4) is 0 Å². The van der Waals surface area contributed by atoms with Crippen LogP contribution in [0.2, 0.25) is 0 Å². The second-order valence-electron chi connectivity index (χ2n) is 12.0. The largest absolute Gasteiger partial charge is 2.00 e. The minimum atomic E-state index is 0. The first-order valence-electron chi connectivity index (χ1n) is 17.6. The molecule has 0 atom stereocenters. The number of rotatable bonds is 6. The van der Waals surface area contributed by atoms with Gasteiger partial charge < -0.3 is 24.2 Å². The van der Waals surface area contributed by atoms with E-state index in [0.717, 1.165) is 62.4 Å². The monoisotopic (exact) mass is 752 g/mol. The van der Waals surface area contributed by atoms with Gasteiger partial charge in [-0.05, 0) is 113 Å². The normalized spacial score (nSPS) is 14.5. The van der Waals surface area contributed by atoms with Gasteiger partial charge in [-0.3, -0.25) is 0 Å². The standard InChI is InChI=1S/2C15H15N2.3C4H8O.Sr/c2*1-12-7-3-5-9-14(12)16-11-17-15-10-6-4-8-13(15)2;3*1-2-4-5-3-1;/h2*3-11H,1-2H3;3*1-4H2;/q2*-1;;;;+2/p+2. The number of hydrogen-bond donors (Lipinski definition) is 2. The molecule has 0 unspecified atom stereocenters. The molecule has 3 aliphatic rings. The van der Waals surface area contributed by atoms with Crippen LogP contribution in [-0.4, -0.2) is 97.8 Å². The first-order valence-corrected chi connectivity index (χ1v) is 17.6. The first-order chi connectivity index (χ1) is 24.0. The van der Waals surface area contributed by atoms with Crippen molar-refractivity contribution in [3.05, 3.63) is 130 Å². The van der Waals surface area contributed by atoms with Gasteiger partial charge in [-0.1, -0.05) is 72.8 Å². The van der Waals surface area contributed by atoms with Crippen LogP contribution in [0, 0.1) is 27.7 Å². The van der Waals surface area contributed by atoms with Crippen molar-refractivity contribution in [2.45, 2.75) is 66.2 Å². The molecule has 7 rings (SSSR count). The van der Waals surface area contributed by atoms with E-state index >= 15 is 0 Å². The molecule has 3 heterocycles. The fraction of sp³-hybridized carbons (Fsp3) is 0.381. The van der Waals surface area contributed by atoms with Crippen molar-refractivity contribution in [2.75, 3.05) is 39.6 Å². The van der Waals surface area contributed by atoms with Crippen LogP contribution in [-0.2, 0) is 14.2 Å². The van der Waals surface area contributed by atoms with Crippen molar-refractivity contribution >= 4 is 80.9 Å². The van der Waals surface area contributed by atoms with Crippen LogP contribution in [0.15, 0.2) is 97.1 Å². The number of para-hydroxylation sites is 4. The Kier molecular flexibility index (Phi) is 24.1. The van der Waals surface area contributed by atoms with E-state index in [4.69, 9.17) is 14.2 Å². The smallest absolute Gasteiger partial charge is 0.381 e. The van der Waals surface area contributed by atoms with Gasteiger partial charge in [0.1, 0.15) is 0 Å². The van der Waals surface area contributed by atoms with E-state index in [1.807, 2.05) is 72.8 Å². The van der Waals surface area contributed by atoms with E-state index in [2.05, 4.69) is 72.6 Å². The molecule has 0 aromatic heterocycles. The third kappa shape index (κ3) is 19.0. The van der Waals surface area contributed by atoms with Crippen LogP contribution in [0.5, 0.6) is 0 Å². The summed E-state index contributed by atoms with van der Waals surface area (Å²) in [4.78, 5) is 6.39. The van der Waals surface area contributed by atoms with Crippen molar-refractivity contribution in [1.82, 2.24) is 0 Å². The van der Waals surface area contributed by atoms with E-state index in [0.29, 0.717) is 0 Å². The molecular formula is C42H56N4O3Sr+2. The summed E-state index contributed by atoms with van der Waals surface area (Å²) in [6, 6.07) is 32.4. The number of nitrogens with one attached hydrogen (secondary N) is 2. The molecule has 3 saturated heterocycles. The topological polar surface area (TPSA) is 83.8 Å². The van der Waals surface area contributed by atoms with Crippen molar-refractivity contribution in [1.29, 1.82) is 0 Å². The Bertz CT molecular complexity index is 1370. The van der Waals surface area contributed by atoms with E-state index in [1.165, 1.54) is 60.8 Å². The van der Waals surface area contributed by atoms with Crippen molar-refractivity contribution in [2.24, 2.45) is 0 Å². The molecule has 3 aliphatic heterocycles. The number of ether oxygens (including phenoxy) is 3. The third-order valence-electron chi connectivity index (χ3n) is 7.85. The van der Waals surface area contributed by atoms with Crippen LogP contribution in [0.4, 0.5) is 22.7 Å². The molecule has 0 saturated carbocycles. The molecule has 8 heteroatoms. The second kappa shape index (κ2) is 27.8. The van der Waals surface area contributed by atoms with Crippen molar-refractivity contribution < 1.29 is 24.2 Å². The molecule has 0 amide bonds. The van der Waals surface area contributed by atoms with Gasteiger partial charge >= 0.3 is 45.5 Å². The predicted octanol–water partition coefficient (Wildman–Crippen LogP) is 7.51. The summed E-state index contributed by atoms with van der Waals surface area (Å²) in [5, 5.41) is 8.81. The van der Waals surface area contributed by atoms with Gasteiger partial charge in [0.05, 0.1) is 24.1 Å². The maximum Gasteiger partial charge on any atom is 2.00 e. The van der Waals surface area contributed by atoms with Crippen molar-refractivity contribution in [3.8, 4) is 0 Å². The molecule has 2 N–H and O–H groups in total. The third-order valence-corrected chi connectivity index (χ3v) is 7.85. The van der Waals surface area contributed by atoms with Crippen molar-refractivity contribution in [3.63, 3.8) is 0 Å². The summed E-state index contributed by atoms with van der Waals surface area (Å²) in [7, 11) is 0. The SMILES string of the molecule is C1CCOC1.C1CCOC1.C1CCOC1.Cc1ccccc1[N-]C=[NH+]c1ccccc1C.Cc1ccccc1[N-]C=[NH+]c1ccccc1C.[Sr+2]. The number of nitrogens with zero attached hydrogens (tertiary/aromatic N) is 2. The van der Waals surface area contributed by atoms with E-state index < -0.39 is 0 Å². The van der Waals surface area contributed by atoms with Gasteiger partial charge in [0.2, 0.25) is 0 Å². The summed E-state index contributed by atoms with van der Waals surface area (Å²) >= 11 is 0. The van der Waals surface area contributed by atoms with E-state index in [1.54, 1.807) is 12.7 Å². The molecule has 0 aliphatic carbocycles. The predicted molar refractivity (Wildman–Crippen MR) is 210 cm³/mol. The summed E-state index contributed by atoms with van der Waals surface area (Å²) < 4.78 is 14.8. The minimum Gasteiger partial charge on any atom is -0.381 e. The first kappa shape index (κ1) is 43.3. The van der Waals surface area contributed by atoms with Gasteiger partial charge in [-0.25, -0.2) is 10.6 Å². The maximum absolute atomic E-state index is 4.94. The molecule has 3 fully saturated rings. The fourth-order valence-electron chi connectivity index (χ4n) is 4.76. The van der Waals surface area contributed by atoms with Gasteiger partial charge in [-0.2, -0.15) is 0 Å². The van der Waals surface area contributed by atoms with E-state index in [9.17, 15) is 0 Å². The van der Waals surface area contributed by atoms with Crippen LogP contribution in [0.1, 0.15) is 60.8 Å². The average molecular weight is 753 g/mol. The maximum atomic E-state index is 4.94. The summed E-state index contributed by atoms with van der Waals surface area (Å²) in [5.41, 5.74) is 8.94. The number of aryl methyl sites for hydroxylation is 4. The van der Waals surface area contributed by atoms with E-state index in [-0.39, 0.29) is 45.5 Å². The van der Waals surface area contributed by atoms with Gasteiger partial charge in [-0.15, -0.1) is 0 Å². The zero-order valence-corrected chi connectivity index (χ0v) is 34.2. The zero-order valence-electron chi connectivity index (χ0n) is 30.7. The van der Waals surface area contributed by atoms with Gasteiger partial charge in [0.25, 0.3) is 0 Å². The fourth-order valence-corrected chi connectivity index (χ4v) is 4.76. The Morgan fingerprint density at radius 1 is 0.420 bits per heavy atom. The Balaban J connectivity index is 0.000000242. The molecule has 0 spiro atoms. The van der Waals surface area contributed by atoms with Gasteiger partial charge in [0, 0.05) is 51.0 Å².